The van der Waals surface area contributed by atoms with Crippen LogP contribution in [0.1, 0.15) is 97.1 Å². The van der Waals surface area contributed by atoms with Crippen molar-refractivity contribution in [2.24, 2.45) is 40.9 Å². The Balaban J connectivity index is 1.31. The Morgan fingerprint density at radius 3 is 2.67 bits per heavy atom. The van der Waals surface area contributed by atoms with Crippen LogP contribution in [0.2, 0.25) is 0 Å². The maximum Gasteiger partial charge on any atom is 0.162 e. The summed E-state index contributed by atoms with van der Waals surface area (Å²) in [6, 6.07) is 3.82. The minimum absolute atomic E-state index is 0.181. The van der Waals surface area contributed by atoms with Crippen molar-refractivity contribution in [1.29, 1.82) is 5.26 Å². The van der Waals surface area contributed by atoms with Crippen LogP contribution in [0.5, 0.6) is 0 Å². The van der Waals surface area contributed by atoms with Gasteiger partial charge in [-0.3, -0.25) is 4.68 Å². The molecule has 4 aliphatic rings. The summed E-state index contributed by atoms with van der Waals surface area (Å²) in [5, 5.41) is 36.2. The molecule has 4 fully saturated rings. The fourth-order valence-corrected chi connectivity index (χ4v) is 9.62. The first kappa shape index (κ1) is 23.4. The average Bonchev–Trinajstić information content (AvgIpc) is 3.36. The molecule has 1 aromatic heterocycles. The first-order valence-corrected chi connectivity index (χ1v) is 13.6. The summed E-state index contributed by atoms with van der Waals surface area (Å²) in [6.45, 7) is 7.12. The summed E-state index contributed by atoms with van der Waals surface area (Å²) in [6.07, 6.45) is 14.5. The molecule has 0 spiro atoms. The van der Waals surface area contributed by atoms with Crippen molar-refractivity contribution >= 4 is 0 Å². The number of hydrogen-bond donors (Lipinski definition) is 2. The van der Waals surface area contributed by atoms with Crippen molar-refractivity contribution < 1.29 is 10.2 Å². The first-order valence-electron chi connectivity index (χ1n) is 13.6. The molecule has 4 saturated carbocycles. The lowest BCUT2D eigenvalue weighted by Gasteiger charge is -2.58. The van der Waals surface area contributed by atoms with Gasteiger partial charge in [0, 0.05) is 6.20 Å². The van der Waals surface area contributed by atoms with Crippen molar-refractivity contribution in [1.82, 2.24) is 9.78 Å². The van der Waals surface area contributed by atoms with E-state index in [2.05, 4.69) is 25.0 Å². The van der Waals surface area contributed by atoms with E-state index in [1.165, 1.54) is 38.5 Å². The molecule has 4 aliphatic carbocycles. The molecule has 5 nitrogen and oxygen atoms in total. The standard InChI is InChI=1S/C28H43N3O2/c1-4-12-28(33)14-10-21-19(16-28)5-6-23-22(21)9-13-26(2)24(23)7-8-25(26)27(3,32)18-31-15-11-20(17-29)30-31/h11,15,19,21-25,32-33H,4-10,12-14,16,18H2,1-3H3/t19-,21+,22-,23-,24+,25+,26+,27+,28-/m1/s1. The minimum Gasteiger partial charge on any atom is -0.390 e. The molecule has 9 atom stereocenters. The van der Waals surface area contributed by atoms with E-state index in [1.807, 2.05) is 13.1 Å². The highest BCUT2D eigenvalue weighted by Crippen LogP contribution is 2.66. The predicted octanol–water partition coefficient (Wildman–Crippen LogP) is 5.31. The summed E-state index contributed by atoms with van der Waals surface area (Å²) in [5.74, 6) is 4.11. The van der Waals surface area contributed by atoms with Gasteiger partial charge in [0.15, 0.2) is 5.69 Å². The van der Waals surface area contributed by atoms with E-state index in [0.717, 1.165) is 55.8 Å². The number of nitrogens with zero attached hydrogens (tertiary/aromatic N) is 3. The van der Waals surface area contributed by atoms with Crippen molar-refractivity contribution in [2.45, 2.75) is 109 Å². The summed E-state index contributed by atoms with van der Waals surface area (Å²) in [7, 11) is 0. The molecule has 0 aliphatic heterocycles. The van der Waals surface area contributed by atoms with Gasteiger partial charge in [-0.15, -0.1) is 0 Å². The number of hydrogen-bond acceptors (Lipinski definition) is 4. The van der Waals surface area contributed by atoms with Crippen LogP contribution in [0.15, 0.2) is 12.3 Å². The van der Waals surface area contributed by atoms with E-state index in [-0.39, 0.29) is 11.3 Å². The summed E-state index contributed by atoms with van der Waals surface area (Å²) in [4.78, 5) is 0. The van der Waals surface area contributed by atoms with E-state index in [4.69, 9.17) is 5.26 Å². The van der Waals surface area contributed by atoms with Gasteiger partial charge in [0.1, 0.15) is 6.07 Å². The van der Waals surface area contributed by atoms with Crippen molar-refractivity contribution in [2.75, 3.05) is 0 Å². The molecule has 0 amide bonds. The van der Waals surface area contributed by atoms with E-state index < -0.39 is 11.2 Å². The molecule has 0 aromatic carbocycles. The average molecular weight is 454 g/mol. The Bertz CT molecular complexity index is 903. The second-order valence-corrected chi connectivity index (χ2v) is 12.7. The van der Waals surface area contributed by atoms with Gasteiger partial charge in [-0.05, 0) is 118 Å². The number of fused-ring (bicyclic) bond motifs is 5. The second kappa shape index (κ2) is 8.38. The number of nitriles is 1. The number of rotatable bonds is 5. The highest BCUT2D eigenvalue weighted by Gasteiger charge is 2.60. The molecule has 1 heterocycles. The van der Waals surface area contributed by atoms with Gasteiger partial charge in [-0.1, -0.05) is 20.3 Å². The fraction of sp³-hybridized carbons (Fsp3) is 0.857. The molecular formula is C28H43N3O2. The maximum absolute atomic E-state index is 11.7. The van der Waals surface area contributed by atoms with Gasteiger partial charge in [-0.2, -0.15) is 10.4 Å². The van der Waals surface area contributed by atoms with E-state index in [0.29, 0.717) is 18.2 Å². The zero-order valence-corrected chi connectivity index (χ0v) is 20.8. The van der Waals surface area contributed by atoms with Crippen LogP contribution in [-0.2, 0) is 6.54 Å². The Morgan fingerprint density at radius 1 is 1.15 bits per heavy atom. The molecule has 0 unspecified atom stereocenters. The molecule has 2 N–H and O–H groups in total. The quantitative estimate of drug-likeness (QED) is 0.633. The monoisotopic (exact) mass is 453 g/mol. The molecule has 0 saturated heterocycles. The van der Waals surface area contributed by atoms with E-state index in [1.54, 1.807) is 10.7 Å². The highest BCUT2D eigenvalue weighted by atomic mass is 16.3. The predicted molar refractivity (Wildman–Crippen MR) is 128 cm³/mol. The molecular weight excluding hydrogens is 410 g/mol. The van der Waals surface area contributed by atoms with Gasteiger partial charge in [-0.25, -0.2) is 0 Å². The normalized spacial score (nSPS) is 44.2. The van der Waals surface area contributed by atoms with E-state index >= 15 is 0 Å². The zero-order valence-electron chi connectivity index (χ0n) is 20.8. The Labute approximate surface area is 199 Å². The molecule has 5 rings (SSSR count). The highest BCUT2D eigenvalue weighted by molar-refractivity contribution is 5.17. The zero-order chi connectivity index (χ0) is 23.4. The topological polar surface area (TPSA) is 82.1 Å². The van der Waals surface area contributed by atoms with Crippen molar-refractivity contribution in [3.05, 3.63) is 18.0 Å². The Kier molecular flexibility index (Phi) is 5.93. The van der Waals surface area contributed by atoms with Crippen molar-refractivity contribution in [3.8, 4) is 6.07 Å². The molecule has 1 aromatic rings. The van der Waals surface area contributed by atoms with Crippen LogP contribution in [0.4, 0.5) is 0 Å². The Morgan fingerprint density at radius 2 is 1.94 bits per heavy atom. The van der Waals surface area contributed by atoms with Gasteiger partial charge < -0.3 is 10.2 Å². The molecule has 182 valence electrons. The van der Waals surface area contributed by atoms with Gasteiger partial charge >= 0.3 is 0 Å². The smallest absolute Gasteiger partial charge is 0.162 e. The maximum atomic E-state index is 11.7. The van der Waals surface area contributed by atoms with Crippen LogP contribution >= 0.6 is 0 Å². The summed E-state index contributed by atoms with van der Waals surface area (Å²) < 4.78 is 1.76. The van der Waals surface area contributed by atoms with Crippen LogP contribution in [0.25, 0.3) is 0 Å². The van der Waals surface area contributed by atoms with Crippen LogP contribution in [-0.4, -0.2) is 31.2 Å². The van der Waals surface area contributed by atoms with Gasteiger partial charge in [0.05, 0.1) is 17.7 Å². The molecule has 33 heavy (non-hydrogen) atoms. The molecule has 0 radical (unpaired) electrons. The van der Waals surface area contributed by atoms with Gasteiger partial charge in [0.2, 0.25) is 0 Å². The summed E-state index contributed by atoms with van der Waals surface area (Å²) in [5.41, 5.74) is -0.633. The Hall–Kier alpha value is -1.38. The van der Waals surface area contributed by atoms with Crippen molar-refractivity contribution in [3.63, 3.8) is 0 Å². The van der Waals surface area contributed by atoms with Crippen LogP contribution < -0.4 is 0 Å². The summed E-state index contributed by atoms with van der Waals surface area (Å²) >= 11 is 0. The van der Waals surface area contributed by atoms with E-state index in [9.17, 15) is 10.2 Å². The molecule has 5 heteroatoms. The van der Waals surface area contributed by atoms with Crippen LogP contribution in [0, 0.1) is 52.3 Å². The lowest BCUT2D eigenvalue weighted by Crippen LogP contribution is -2.53. The number of aliphatic hydroxyl groups is 2. The lowest BCUT2D eigenvalue weighted by atomic mass is 9.48. The molecule has 0 bridgehead atoms. The van der Waals surface area contributed by atoms with Gasteiger partial charge in [0.25, 0.3) is 0 Å². The first-order chi connectivity index (χ1) is 15.7. The third kappa shape index (κ3) is 3.96. The van der Waals surface area contributed by atoms with Crippen LogP contribution in [0.3, 0.4) is 0 Å². The number of aromatic nitrogens is 2. The largest absolute Gasteiger partial charge is 0.390 e. The minimum atomic E-state index is -0.826. The second-order valence-electron chi connectivity index (χ2n) is 12.7. The lowest BCUT2D eigenvalue weighted by molar-refractivity contribution is -0.130. The fourth-order valence-electron chi connectivity index (χ4n) is 9.62. The third-order valence-corrected chi connectivity index (χ3v) is 10.8. The third-order valence-electron chi connectivity index (χ3n) is 10.8. The SMILES string of the molecule is CCC[C@@]1(O)CC[C@H]2[C@H](CC[C@@H]3[C@@H]2CC[C@@]2(C)[C@H]3CC[C@@H]2[C@@](C)(O)Cn2ccc(C#N)n2)C1.